The SMILES string of the molecule is FC(F)(F)c1ccc(Oc2ccc3c(c2)CCCC3)c(C(F)(F)F)c1. The molecule has 25 heavy (non-hydrogen) atoms. The number of rotatable bonds is 2. The quantitative estimate of drug-likeness (QED) is 0.564. The Morgan fingerprint density at radius 2 is 1.40 bits per heavy atom. The average molecular weight is 360 g/mol. The van der Waals surface area contributed by atoms with Gasteiger partial charge in [-0.3, -0.25) is 0 Å². The summed E-state index contributed by atoms with van der Waals surface area (Å²) in [6.45, 7) is 0. The van der Waals surface area contributed by atoms with Gasteiger partial charge in [-0.15, -0.1) is 0 Å². The molecule has 0 saturated heterocycles. The van der Waals surface area contributed by atoms with E-state index in [9.17, 15) is 26.3 Å². The van der Waals surface area contributed by atoms with Crippen molar-refractivity contribution in [2.45, 2.75) is 38.0 Å². The van der Waals surface area contributed by atoms with Gasteiger partial charge in [-0.2, -0.15) is 26.3 Å². The molecule has 0 aromatic heterocycles. The van der Waals surface area contributed by atoms with Crippen molar-refractivity contribution in [1.82, 2.24) is 0 Å². The summed E-state index contributed by atoms with van der Waals surface area (Å²) < 4.78 is 82.8. The van der Waals surface area contributed by atoms with Gasteiger partial charge >= 0.3 is 12.4 Å². The van der Waals surface area contributed by atoms with E-state index in [1.807, 2.05) is 0 Å². The topological polar surface area (TPSA) is 9.23 Å². The Morgan fingerprint density at radius 3 is 2.04 bits per heavy atom. The molecule has 134 valence electrons. The molecule has 0 unspecified atom stereocenters. The van der Waals surface area contributed by atoms with Crippen LogP contribution < -0.4 is 4.74 Å². The highest BCUT2D eigenvalue weighted by atomic mass is 19.4. The predicted molar refractivity (Wildman–Crippen MR) is 79.6 cm³/mol. The van der Waals surface area contributed by atoms with Gasteiger partial charge in [0.05, 0.1) is 11.1 Å². The Bertz CT molecular complexity index is 776. The summed E-state index contributed by atoms with van der Waals surface area (Å²) in [4.78, 5) is 0. The second kappa shape index (κ2) is 6.28. The highest BCUT2D eigenvalue weighted by molar-refractivity contribution is 5.45. The third-order valence-corrected chi connectivity index (χ3v) is 4.16. The second-order valence-electron chi connectivity index (χ2n) is 5.95. The molecule has 2 aromatic rings. The molecule has 0 atom stereocenters. The first-order valence-corrected chi connectivity index (χ1v) is 7.73. The van der Waals surface area contributed by atoms with Crippen LogP contribution in [0.1, 0.15) is 35.1 Å². The number of hydrogen-bond donors (Lipinski definition) is 0. The number of aryl methyl sites for hydroxylation is 2. The van der Waals surface area contributed by atoms with Gasteiger partial charge in [-0.25, -0.2) is 0 Å². The van der Waals surface area contributed by atoms with Crippen LogP contribution in [0, 0.1) is 0 Å². The van der Waals surface area contributed by atoms with Crippen LogP contribution in [-0.4, -0.2) is 0 Å². The van der Waals surface area contributed by atoms with E-state index in [1.54, 1.807) is 18.2 Å². The van der Waals surface area contributed by atoms with E-state index >= 15 is 0 Å². The average Bonchev–Trinajstić information content (AvgIpc) is 2.53. The second-order valence-corrected chi connectivity index (χ2v) is 5.95. The molecule has 0 spiro atoms. The number of halogens is 6. The highest BCUT2D eigenvalue weighted by Crippen LogP contribution is 2.42. The lowest BCUT2D eigenvalue weighted by Gasteiger charge is -2.19. The van der Waals surface area contributed by atoms with E-state index in [2.05, 4.69) is 0 Å². The van der Waals surface area contributed by atoms with Crippen molar-refractivity contribution in [2.75, 3.05) is 0 Å². The fraction of sp³-hybridized carbons (Fsp3) is 0.333. The minimum absolute atomic E-state index is 0.0771. The van der Waals surface area contributed by atoms with E-state index < -0.39 is 29.2 Å². The summed E-state index contributed by atoms with van der Waals surface area (Å²) in [5, 5.41) is 0. The van der Waals surface area contributed by atoms with Crippen molar-refractivity contribution < 1.29 is 31.1 Å². The molecule has 7 heteroatoms. The molecule has 1 aliphatic rings. The first-order chi connectivity index (χ1) is 11.6. The van der Waals surface area contributed by atoms with Crippen molar-refractivity contribution in [3.8, 4) is 11.5 Å². The van der Waals surface area contributed by atoms with Gasteiger partial charge in [-0.05, 0) is 67.1 Å². The van der Waals surface area contributed by atoms with Crippen molar-refractivity contribution in [3.05, 3.63) is 58.7 Å². The van der Waals surface area contributed by atoms with Gasteiger partial charge in [0.2, 0.25) is 0 Å². The number of benzene rings is 2. The maximum absolute atomic E-state index is 13.1. The zero-order valence-electron chi connectivity index (χ0n) is 13.0. The zero-order valence-corrected chi connectivity index (χ0v) is 13.0. The molecule has 0 N–H and O–H groups in total. The summed E-state index contributed by atoms with van der Waals surface area (Å²) in [6.07, 6.45) is -6.04. The monoisotopic (exact) mass is 360 g/mol. The molecule has 2 aromatic carbocycles. The Labute approximate surface area is 140 Å². The predicted octanol–water partition coefficient (Wildman–Crippen LogP) is 6.40. The van der Waals surface area contributed by atoms with Crippen LogP contribution in [0.2, 0.25) is 0 Å². The van der Waals surface area contributed by atoms with E-state index in [1.165, 1.54) is 0 Å². The van der Waals surface area contributed by atoms with Crippen molar-refractivity contribution in [1.29, 1.82) is 0 Å². The molecule has 0 radical (unpaired) electrons. The minimum Gasteiger partial charge on any atom is -0.457 e. The molecular formula is C18H14F6O. The fourth-order valence-electron chi connectivity index (χ4n) is 2.92. The summed E-state index contributed by atoms with van der Waals surface area (Å²) >= 11 is 0. The Balaban J connectivity index is 1.97. The number of hydrogen-bond acceptors (Lipinski definition) is 1. The van der Waals surface area contributed by atoms with Crippen molar-refractivity contribution in [2.24, 2.45) is 0 Å². The smallest absolute Gasteiger partial charge is 0.420 e. The Hall–Kier alpha value is -2.18. The Kier molecular flexibility index (Phi) is 4.43. The normalized spacial score (nSPS) is 15.0. The van der Waals surface area contributed by atoms with Gasteiger partial charge in [0.15, 0.2) is 0 Å². The molecule has 1 aliphatic carbocycles. The minimum atomic E-state index is -4.95. The van der Waals surface area contributed by atoms with Crippen LogP contribution in [0.5, 0.6) is 11.5 Å². The zero-order chi connectivity index (χ0) is 18.2. The number of alkyl halides is 6. The number of fused-ring (bicyclic) bond motifs is 1. The molecule has 0 amide bonds. The molecule has 1 nitrogen and oxygen atoms in total. The largest absolute Gasteiger partial charge is 0.457 e. The van der Waals surface area contributed by atoms with E-state index in [0.717, 1.165) is 36.8 Å². The summed E-state index contributed by atoms with van der Waals surface area (Å²) in [6, 6.07) is 6.37. The lowest BCUT2D eigenvalue weighted by Crippen LogP contribution is -2.12. The molecule has 0 heterocycles. The van der Waals surface area contributed by atoms with Crippen LogP contribution in [0.3, 0.4) is 0 Å². The summed E-state index contributed by atoms with van der Waals surface area (Å²) in [5.74, 6) is -0.456. The summed E-state index contributed by atoms with van der Waals surface area (Å²) in [5.41, 5.74) is -0.677. The first-order valence-electron chi connectivity index (χ1n) is 7.73. The maximum atomic E-state index is 13.1. The lowest BCUT2D eigenvalue weighted by molar-refractivity contribution is -0.143. The van der Waals surface area contributed by atoms with E-state index in [-0.39, 0.29) is 11.8 Å². The maximum Gasteiger partial charge on any atom is 0.420 e. The van der Waals surface area contributed by atoms with Gasteiger partial charge < -0.3 is 4.74 Å². The van der Waals surface area contributed by atoms with E-state index in [4.69, 9.17) is 4.74 Å². The van der Waals surface area contributed by atoms with Gasteiger partial charge in [0, 0.05) is 0 Å². The standard InChI is InChI=1S/C18H14F6O/c19-17(20,21)13-6-8-16(15(10-13)18(22,23)24)25-14-7-5-11-3-1-2-4-12(11)9-14/h5-10H,1-4H2. The van der Waals surface area contributed by atoms with Gasteiger partial charge in [-0.1, -0.05) is 6.07 Å². The number of ether oxygens (including phenoxy) is 1. The van der Waals surface area contributed by atoms with Crippen LogP contribution in [-0.2, 0) is 25.2 Å². The molecular weight excluding hydrogens is 346 g/mol. The van der Waals surface area contributed by atoms with Crippen LogP contribution in [0.4, 0.5) is 26.3 Å². The highest BCUT2D eigenvalue weighted by Gasteiger charge is 2.39. The van der Waals surface area contributed by atoms with E-state index in [0.29, 0.717) is 12.1 Å². The summed E-state index contributed by atoms with van der Waals surface area (Å²) in [7, 11) is 0. The first kappa shape index (κ1) is 17.6. The molecule has 3 rings (SSSR count). The van der Waals surface area contributed by atoms with Crippen molar-refractivity contribution >= 4 is 0 Å². The fourth-order valence-corrected chi connectivity index (χ4v) is 2.92. The molecule has 0 bridgehead atoms. The molecule has 0 fully saturated rings. The third kappa shape index (κ3) is 3.91. The molecule has 0 saturated carbocycles. The van der Waals surface area contributed by atoms with Gasteiger partial charge in [0.1, 0.15) is 11.5 Å². The van der Waals surface area contributed by atoms with Crippen LogP contribution >= 0.6 is 0 Å². The lowest BCUT2D eigenvalue weighted by atomic mass is 9.92. The van der Waals surface area contributed by atoms with Crippen LogP contribution in [0.15, 0.2) is 36.4 Å². The van der Waals surface area contributed by atoms with Crippen molar-refractivity contribution in [3.63, 3.8) is 0 Å². The molecule has 0 aliphatic heterocycles. The van der Waals surface area contributed by atoms with Crippen LogP contribution in [0.25, 0.3) is 0 Å². The Morgan fingerprint density at radius 1 is 0.720 bits per heavy atom. The van der Waals surface area contributed by atoms with Gasteiger partial charge in [0.25, 0.3) is 0 Å². The third-order valence-electron chi connectivity index (χ3n) is 4.16.